The maximum Gasteiger partial charge on any atom is 0.255 e. The number of nitrogens with one attached hydrogen (secondary N) is 1. The van der Waals surface area contributed by atoms with Crippen molar-refractivity contribution in [3.63, 3.8) is 0 Å². The van der Waals surface area contributed by atoms with E-state index in [1.807, 2.05) is 57.2 Å². The standard InChI is InChI=1S/C17H19NO.C9H13N/c1-11-5-7-15(8-6-11)17(19)18-16-10-13(3)12(2)9-14(16)4;1-6-4-8(3)9(10)5-7(6)2/h5-10H,1-4H3,(H,18,19);4-5H,10H2,1-3H3. The smallest absolute Gasteiger partial charge is 0.255 e. The summed E-state index contributed by atoms with van der Waals surface area (Å²) in [7, 11) is 0. The van der Waals surface area contributed by atoms with Crippen LogP contribution in [0.2, 0.25) is 0 Å². The number of carbonyl (C=O) groups excluding carboxylic acids is 1. The van der Waals surface area contributed by atoms with Crippen LogP contribution in [-0.2, 0) is 0 Å². The van der Waals surface area contributed by atoms with E-state index < -0.39 is 0 Å². The highest BCUT2D eigenvalue weighted by atomic mass is 16.1. The Labute approximate surface area is 175 Å². The number of rotatable bonds is 2. The third-order valence-electron chi connectivity index (χ3n) is 5.29. The molecule has 3 rings (SSSR count). The van der Waals surface area contributed by atoms with Gasteiger partial charge in [-0.15, -0.1) is 0 Å². The lowest BCUT2D eigenvalue weighted by Crippen LogP contribution is -2.13. The zero-order chi connectivity index (χ0) is 21.7. The van der Waals surface area contributed by atoms with Crippen LogP contribution in [0.25, 0.3) is 0 Å². The van der Waals surface area contributed by atoms with Gasteiger partial charge in [0.05, 0.1) is 0 Å². The fourth-order valence-electron chi connectivity index (χ4n) is 2.98. The van der Waals surface area contributed by atoms with Crippen LogP contribution in [0.1, 0.15) is 49.3 Å². The maximum atomic E-state index is 12.2. The van der Waals surface area contributed by atoms with E-state index in [-0.39, 0.29) is 5.91 Å². The molecule has 0 saturated heterocycles. The molecule has 0 heterocycles. The zero-order valence-electron chi connectivity index (χ0n) is 18.6. The van der Waals surface area contributed by atoms with Crippen LogP contribution < -0.4 is 11.1 Å². The SMILES string of the molecule is Cc1cc(C)c(N)cc1C.Cc1ccc(C(=O)Nc2cc(C)c(C)cc2C)cc1. The molecule has 0 aliphatic carbocycles. The first-order chi connectivity index (χ1) is 13.6. The van der Waals surface area contributed by atoms with Crippen LogP contribution in [0, 0.1) is 48.5 Å². The molecule has 3 aromatic carbocycles. The Balaban J connectivity index is 0.000000253. The summed E-state index contributed by atoms with van der Waals surface area (Å²) in [6, 6.07) is 15.8. The van der Waals surface area contributed by atoms with Gasteiger partial charge in [0, 0.05) is 16.9 Å². The number of carbonyl (C=O) groups is 1. The normalized spacial score (nSPS) is 10.2. The molecule has 0 saturated carbocycles. The van der Waals surface area contributed by atoms with Crippen molar-refractivity contribution >= 4 is 17.3 Å². The van der Waals surface area contributed by atoms with E-state index in [9.17, 15) is 4.79 Å². The Morgan fingerprint density at radius 1 is 0.655 bits per heavy atom. The third kappa shape index (κ3) is 5.95. The lowest BCUT2D eigenvalue weighted by molar-refractivity contribution is 0.102. The van der Waals surface area contributed by atoms with Gasteiger partial charge >= 0.3 is 0 Å². The van der Waals surface area contributed by atoms with Crippen LogP contribution >= 0.6 is 0 Å². The van der Waals surface area contributed by atoms with E-state index in [2.05, 4.69) is 45.1 Å². The second kappa shape index (κ2) is 9.42. The number of hydrogen-bond donors (Lipinski definition) is 2. The molecule has 0 aliphatic rings. The predicted molar refractivity (Wildman–Crippen MR) is 125 cm³/mol. The summed E-state index contributed by atoms with van der Waals surface area (Å²) in [6.07, 6.45) is 0. The van der Waals surface area contributed by atoms with Gasteiger partial charge in [-0.25, -0.2) is 0 Å². The summed E-state index contributed by atoms with van der Waals surface area (Å²) in [5.41, 5.74) is 16.6. The minimum Gasteiger partial charge on any atom is -0.399 e. The van der Waals surface area contributed by atoms with Crippen molar-refractivity contribution in [1.82, 2.24) is 0 Å². The maximum absolute atomic E-state index is 12.2. The first kappa shape index (κ1) is 22.2. The average Bonchev–Trinajstić information content (AvgIpc) is 2.65. The monoisotopic (exact) mass is 388 g/mol. The van der Waals surface area contributed by atoms with E-state index in [0.29, 0.717) is 5.56 Å². The highest BCUT2D eigenvalue weighted by Gasteiger charge is 2.08. The van der Waals surface area contributed by atoms with Crippen molar-refractivity contribution in [1.29, 1.82) is 0 Å². The second-order valence-electron chi connectivity index (χ2n) is 7.86. The minimum atomic E-state index is -0.0636. The molecular weight excluding hydrogens is 356 g/mol. The first-order valence-corrected chi connectivity index (χ1v) is 9.87. The summed E-state index contributed by atoms with van der Waals surface area (Å²) in [5, 5.41) is 2.98. The van der Waals surface area contributed by atoms with Gasteiger partial charge in [0.1, 0.15) is 0 Å². The van der Waals surface area contributed by atoms with Crippen LogP contribution in [0.4, 0.5) is 11.4 Å². The molecule has 3 aromatic rings. The molecule has 3 nitrogen and oxygen atoms in total. The van der Waals surface area contributed by atoms with Crippen molar-refractivity contribution in [2.75, 3.05) is 11.1 Å². The number of nitrogen functional groups attached to an aromatic ring is 1. The van der Waals surface area contributed by atoms with Crippen molar-refractivity contribution in [2.45, 2.75) is 48.5 Å². The van der Waals surface area contributed by atoms with Crippen molar-refractivity contribution in [3.8, 4) is 0 Å². The van der Waals surface area contributed by atoms with Gasteiger partial charge in [-0.3, -0.25) is 4.79 Å². The lowest BCUT2D eigenvalue weighted by Gasteiger charge is -2.11. The van der Waals surface area contributed by atoms with Gasteiger partial charge in [0.2, 0.25) is 0 Å². The minimum absolute atomic E-state index is 0.0636. The van der Waals surface area contributed by atoms with E-state index >= 15 is 0 Å². The number of amides is 1. The molecule has 152 valence electrons. The molecule has 3 heteroatoms. The summed E-state index contributed by atoms with van der Waals surface area (Å²) in [6.45, 7) is 14.4. The van der Waals surface area contributed by atoms with Crippen LogP contribution in [0.15, 0.2) is 48.5 Å². The molecule has 0 radical (unpaired) electrons. The molecule has 0 unspecified atom stereocenters. The molecule has 29 heavy (non-hydrogen) atoms. The Kier molecular flexibility index (Phi) is 7.22. The molecular formula is C26H32N2O. The van der Waals surface area contributed by atoms with Crippen LogP contribution in [0.5, 0.6) is 0 Å². The number of hydrogen-bond acceptors (Lipinski definition) is 2. The molecule has 0 aromatic heterocycles. The Hall–Kier alpha value is -3.07. The molecule has 0 spiro atoms. The second-order valence-corrected chi connectivity index (χ2v) is 7.86. The van der Waals surface area contributed by atoms with Gasteiger partial charge in [0.15, 0.2) is 0 Å². The summed E-state index contributed by atoms with van der Waals surface area (Å²) >= 11 is 0. The highest BCUT2D eigenvalue weighted by Crippen LogP contribution is 2.21. The largest absolute Gasteiger partial charge is 0.399 e. The molecule has 0 bridgehead atoms. The highest BCUT2D eigenvalue weighted by molar-refractivity contribution is 6.04. The van der Waals surface area contributed by atoms with Gasteiger partial charge in [-0.05, 0) is 106 Å². The number of aryl methyl sites for hydroxylation is 7. The number of anilines is 2. The summed E-state index contributed by atoms with van der Waals surface area (Å²) < 4.78 is 0. The van der Waals surface area contributed by atoms with E-state index in [1.165, 1.54) is 27.8 Å². The summed E-state index contributed by atoms with van der Waals surface area (Å²) in [4.78, 5) is 12.2. The van der Waals surface area contributed by atoms with Crippen molar-refractivity contribution in [3.05, 3.63) is 93.0 Å². The van der Waals surface area contributed by atoms with E-state index in [4.69, 9.17) is 5.73 Å². The molecule has 3 N–H and O–H groups in total. The topological polar surface area (TPSA) is 55.1 Å². The van der Waals surface area contributed by atoms with E-state index in [1.54, 1.807) is 0 Å². The van der Waals surface area contributed by atoms with Crippen LogP contribution in [-0.4, -0.2) is 5.91 Å². The van der Waals surface area contributed by atoms with Crippen molar-refractivity contribution in [2.24, 2.45) is 0 Å². The number of nitrogens with two attached hydrogens (primary N) is 1. The predicted octanol–water partition coefficient (Wildman–Crippen LogP) is 6.37. The fraction of sp³-hybridized carbons (Fsp3) is 0.269. The van der Waals surface area contributed by atoms with Gasteiger partial charge < -0.3 is 11.1 Å². The van der Waals surface area contributed by atoms with Gasteiger partial charge in [-0.1, -0.05) is 29.8 Å². The quantitative estimate of drug-likeness (QED) is 0.501. The lowest BCUT2D eigenvalue weighted by atomic mass is 10.0. The molecule has 0 fully saturated rings. The molecule has 0 atom stereocenters. The van der Waals surface area contributed by atoms with Crippen LogP contribution in [0.3, 0.4) is 0 Å². The Bertz CT molecular complexity index is 968. The van der Waals surface area contributed by atoms with E-state index in [0.717, 1.165) is 22.5 Å². The Morgan fingerprint density at radius 2 is 1.14 bits per heavy atom. The Morgan fingerprint density at radius 3 is 1.69 bits per heavy atom. The van der Waals surface area contributed by atoms with Crippen molar-refractivity contribution < 1.29 is 4.79 Å². The molecule has 0 aliphatic heterocycles. The first-order valence-electron chi connectivity index (χ1n) is 9.87. The van der Waals surface area contributed by atoms with Gasteiger partial charge in [-0.2, -0.15) is 0 Å². The fourth-order valence-corrected chi connectivity index (χ4v) is 2.98. The van der Waals surface area contributed by atoms with Gasteiger partial charge in [0.25, 0.3) is 5.91 Å². The average molecular weight is 389 g/mol. The zero-order valence-corrected chi connectivity index (χ0v) is 18.6. The molecule has 1 amide bonds. The summed E-state index contributed by atoms with van der Waals surface area (Å²) in [5.74, 6) is -0.0636. The third-order valence-corrected chi connectivity index (χ3v) is 5.29. The number of benzene rings is 3.